The third-order valence-corrected chi connectivity index (χ3v) is 6.36. The van der Waals surface area contributed by atoms with Crippen LogP contribution < -0.4 is 10.9 Å². The zero-order valence-electron chi connectivity index (χ0n) is 15.6. The molecule has 148 valence electrons. The number of aryl methyl sites for hydroxylation is 1. The van der Waals surface area contributed by atoms with Crippen LogP contribution >= 0.6 is 11.8 Å². The lowest BCUT2D eigenvalue weighted by molar-refractivity contribution is -0.118. The summed E-state index contributed by atoms with van der Waals surface area (Å²) in [5.74, 6) is 0.445. The Kier molecular flexibility index (Phi) is 5.01. The Bertz CT molecular complexity index is 932. The van der Waals surface area contributed by atoms with E-state index in [1.807, 2.05) is 4.90 Å². The topological polar surface area (TPSA) is 108 Å². The highest BCUT2D eigenvalue weighted by molar-refractivity contribution is 7.99. The number of aromatic amines is 1. The van der Waals surface area contributed by atoms with E-state index in [9.17, 15) is 14.4 Å². The summed E-state index contributed by atoms with van der Waals surface area (Å²) in [4.78, 5) is 44.7. The minimum Gasteiger partial charge on any atom is -0.459 e. The number of hydrogen-bond donors (Lipinski definition) is 2. The molecule has 3 heterocycles. The molecule has 2 aliphatic rings. The molecule has 0 radical (unpaired) electrons. The number of H-pyrrole nitrogens is 1. The fourth-order valence-corrected chi connectivity index (χ4v) is 4.54. The number of thioether (sulfide) groups is 1. The van der Waals surface area contributed by atoms with E-state index in [4.69, 9.17) is 4.42 Å². The summed E-state index contributed by atoms with van der Waals surface area (Å²) in [6.07, 6.45) is 4.21. The van der Waals surface area contributed by atoms with Crippen molar-refractivity contribution in [1.29, 1.82) is 0 Å². The summed E-state index contributed by atoms with van der Waals surface area (Å²) in [6, 6.07) is 4.97. The van der Waals surface area contributed by atoms with Crippen molar-refractivity contribution in [2.75, 3.05) is 18.8 Å². The van der Waals surface area contributed by atoms with Crippen LogP contribution in [0.3, 0.4) is 0 Å². The van der Waals surface area contributed by atoms with Gasteiger partial charge in [0.1, 0.15) is 0 Å². The van der Waals surface area contributed by atoms with Gasteiger partial charge in [0.2, 0.25) is 5.91 Å². The zero-order chi connectivity index (χ0) is 19.7. The smallest absolute Gasteiger partial charge is 0.289 e. The molecule has 8 nitrogen and oxygen atoms in total. The fourth-order valence-electron chi connectivity index (χ4n) is 3.81. The quantitative estimate of drug-likeness (QED) is 0.581. The highest BCUT2D eigenvalue weighted by Gasteiger charge is 2.55. The van der Waals surface area contributed by atoms with Gasteiger partial charge in [0, 0.05) is 30.9 Å². The van der Waals surface area contributed by atoms with E-state index in [1.165, 1.54) is 24.1 Å². The standard InChI is InChI=1S/C19H22N4O4S/c1-12-9-15(24)22-18(20-12)28-11-16(25)21-14-10-19(14)4-6-23(7-5-19)17(26)13-3-2-8-27-13/h2-3,8-9,14H,4-7,10-11H2,1H3,(H,21,25)(H,20,22,24). The van der Waals surface area contributed by atoms with Crippen LogP contribution in [0.25, 0.3) is 0 Å². The molecule has 4 rings (SSSR count). The second kappa shape index (κ2) is 7.46. The number of furan rings is 1. The fraction of sp³-hybridized carbons (Fsp3) is 0.474. The lowest BCUT2D eigenvalue weighted by Gasteiger charge is -2.32. The van der Waals surface area contributed by atoms with Gasteiger partial charge in [-0.15, -0.1) is 0 Å². The molecule has 2 N–H and O–H groups in total. The highest BCUT2D eigenvalue weighted by Crippen LogP contribution is 2.54. The predicted molar refractivity (Wildman–Crippen MR) is 103 cm³/mol. The van der Waals surface area contributed by atoms with Crippen LogP contribution in [0.15, 0.2) is 38.8 Å². The predicted octanol–water partition coefficient (Wildman–Crippen LogP) is 1.57. The Morgan fingerprint density at radius 3 is 2.89 bits per heavy atom. The van der Waals surface area contributed by atoms with Crippen molar-refractivity contribution >= 4 is 23.6 Å². The number of hydrogen-bond acceptors (Lipinski definition) is 6. The van der Waals surface area contributed by atoms with Crippen molar-refractivity contribution in [3.63, 3.8) is 0 Å². The van der Waals surface area contributed by atoms with Gasteiger partial charge < -0.3 is 19.6 Å². The minimum atomic E-state index is -0.215. The lowest BCUT2D eigenvalue weighted by atomic mass is 9.92. The normalized spacial score (nSPS) is 20.2. The largest absolute Gasteiger partial charge is 0.459 e. The number of amides is 2. The number of carbonyl (C=O) groups is 2. The third-order valence-electron chi connectivity index (χ3n) is 5.49. The van der Waals surface area contributed by atoms with Crippen LogP contribution in [-0.2, 0) is 4.79 Å². The van der Waals surface area contributed by atoms with Crippen molar-refractivity contribution in [1.82, 2.24) is 20.2 Å². The molecule has 2 aromatic heterocycles. The van der Waals surface area contributed by atoms with E-state index in [2.05, 4.69) is 15.3 Å². The van der Waals surface area contributed by atoms with E-state index < -0.39 is 0 Å². The van der Waals surface area contributed by atoms with E-state index in [-0.39, 0.29) is 34.6 Å². The van der Waals surface area contributed by atoms with Gasteiger partial charge in [0.25, 0.3) is 11.5 Å². The summed E-state index contributed by atoms with van der Waals surface area (Å²) >= 11 is 1.22. The van der Waals surface area contributed by atoms with Gasteiger partial charge in [-0.3, -0.25) is 14.4 Å². The summed E-state index contributed by atoms with van der Waals surface area (Å²) in [5.41, 5.74) is 0.520. The SMILES string of the molecule is Cc1cc(=O)[nH]c(SCC(=O)NC2CC23CCN(C(=O)c2ccco2)CC3)n1. The molecule has 1 aliphatic heterocycles. The highest BCUT2D eigenvalue weighted by atomic mass is 32.2. The molecule has 1 spiro atoms. The van der Waals surface area contributed by atoms with E-state index in [1.54, 1.807) is 19.1 Å². The summed E-state index contributed by atoms with van der Waals surface area (Å²) in [5, 5.41) is 3.54. The maximum absolute atomic E-state index is 12.3. The van der Waals surface area contributed by atoms with Gasteiger partial charge in [-0.2, -0.15) is 0 Å². The molecule has 28 heavy (non-hydrogen) atoms. The first kappa shape index (κ1) is 18.8. The van der Waals surface area contributed by atoms with Gasteiger partial charge in [-0.05, 0) is 43.7 Å². The van der Waals surface area contributed by atoms with Crippen molar-refractivity contribution in [3.8, 4) is 0 Å². The molecular weight excluding hydrogens is 380 g/mol. The Hall–Kier alpha value is -2.55. The van der Waals surface area contributed by atoms with Gasteiger partial charge in [0.05, 0.1) is 12.0 Å². The second-order valence-corrected chi connectivity index (χ2v) is 8.40. The Morgan fingerprint density at radius 1 is 1.43 bits per heavy atom. The maximum Gasteiger partial charge on any atom is 0.289 e. The maximum atomic E-state index is 12.3. The molecule has 0 aromatic carbocycles. The Balaban J connectivity index is 1.24. The summed E-state index contributed by atoms with van der Waals surface area (Å²) < 4.78 is 5.19. The van der Waals surface area contributed by atoms with Crippen molar-refractivity contribution < 1.29 is 14.0 Å². The van der Waals surface area contributed by atoms with Crippen LogP contribution in [-0.4, -0.2) is 51.6 Å². The number of carbonyl (C=O) groups excluding carboxylic acids is 2. The zero-order valence-corrected chi connectivity index (χ0v) is 16.4. The molecule has 1 saturated heterocycles. The molecule has 2 aromatic rings. The third kappa shape index (κ3) is 3.99. The van der Waals surface area contributed by atoms with Crippen molar-refractivity contribution in [2.45, 2.75) is 37.4 Å². The molecular formula is C19H22N4O4S. The summed E-state index contributed by atoms with van der Waals surface area (Å²) in [6.45, 7) is 3.10. The molecule has 1 aliphatic carbocycles. The van der Waals surface area contributed by atoms with E-state index in [0.717, 1.165) is 19.3 Å². The van der Waals surface area contributed by atoms with Crippen LogP contribution in [0.2, 0.25) is 0 Å². The Labute approximate surface area is 166 Å². The van der Waals surface area contributed by atoms with Gasteiger partial charge in [-0.25, -0.2) is 4.98 Å². The lowest BCUT2D eigenvalue weighted by Crippen LogP contribution is -2.41. The number of likely N-dealkylation sites (tertiary alicyclic amines) is 1. The first-order chi connectivity index (χ1) is 13.4. The molecule has 2 amide bonds. The van der Waals surface area contributed by atoms with Gasteiger partial charge in [0.15, 0.2) is 10.9 Å². The minimum absolute atomic E-state index is 0.0647. The number of nitrogens with zero attached hydrogens (tertiary/aromatic N) is 2. The first-order valence-electron chi connectivity index (χ1n) is 9.28. The van der Waals surface area contributed by atoms with Crippen LogP contribution in [0.1, 0.15) is 35.5 Å². The number of piperidine rings is 1. The van der Waals surface area contributed by atoms with Crippen LogP contribution in [0, 0.1) is 12.3 Å². The average molecular weight is 402 g/mol. The number of aromatic nitrogens is 2. The number of rotatable bonds is 5. The number of nitrogens with one attached hydrogen (secondary N) is 2. The van der Waals surface area contributed by atoms with E-state index >= 15 is 0 Å². The molecule has 1 atom stereocenters. The first-order valence-corrected chi connectivity index (χ1v) is 10.3. The molecule has 2 fully saturated rings. The average Bonchev–Trinajstić information content (AvgIpc) is 3.08. The van der Waals surface area contributed by atoms with Crippen molar-refractivity contribution in [3.05, 3.63) is 46.3 Å². The Morgan fingerprint density at radius 2 is 2.21 bits per heavy atom. The molecule has 1 unspecified atom stereocenters. The monoisotopic (exact) mass is 402 g/mol. The van der Waals surface area contributed by atoms with Crippen LogP contribution in [0.4, 0.5) is 0 Å². The van der Waals surface area contributed by atoms with Crippen molar-refractivity contribution in [2.24, 2.45) is 5.41 Å². The molecule has 1 saturated carbocycles. The van der Waals surface area contributed by atoms with E-state index in [0.29, 0.717) is 29.7 Å². The van der Waals surface area contributed by atoms with Gasteiger partial charge in [-0.1, -0.05) is 11.8 Å². The van der Waals surface area contributed by atoms with Gasteiger partial charge >= 0.3 is 0 Å². The second-order valence-electron chi connectivity index (χ2n) is 7.44. The molecule has 0 bridgehead atoms. The van der Waals surface area contributed by atoms with Crippen LogP contribution in [0.5, 0.6) is 0 Å². The summed E-state index contributed by atoms with van der Waals surface area (Å²) in [7, 11) is 0. The molecule has 9 heteroatoms.